The molecule has 26 heavy (non-hydrogen) atoms. The van der Waals surface area contributed by atoms with E-state index >= 15 is 0 Å². The van der Waals surface area contributed by atoms with Crippen LogP contribution in [0.5, 0.6) is 0 Å². The maximum absolute atomic E-state index is 6.25. The van der Waals surface area contributed by atoms with Crippen molar-refractivity contribution >= 4 is 28.1 Å². The summed E-state index contributed by atoms with van der Waals surface area (Å²) in [6.45, 7) is 3.43. The van der Waals surface area contributed by atoms with Gasteiger partial charge in [0, 0.05) is 24.7 Å². The zero-order chi connectivity index (χ0) is 17.8. The highest BCUT2D eigenvalue weighted by molar-refractivity contribution is 6.35. The van der Waals surface area contributed by atoms with Crippen LogP contribution in [0.1, 0.15) is 30.4 Å². The van der Waals surface area contributed by atoms with Crippen molar-refractivity contribution in [2.24, 2.45) is 0 Å². The number of fused-ring (bicyclic) bond motifs is 1. The second kappa shape index (κ2) is 8.11. The first-order valence-electron chi connectivity index (χ1n) is 9.52. The van der Waals surface area contributed by atoms with Gasteiger partial charge in [-0.1, -0.05) is 54.1 Å². The Morgan fingerprint density at radius 2 is 1.88 bits per heavy atom. The number of benzene rings is 2. The molecule has 2 nitrogen and oxygen atoms in total. The Hall–Kier alpha value is -2.03. The van der Waals surface area contributed by atoms with E-state index in [-0.39, 0.29) is 0 Å². The van der Waals surface area contributed by atoms with Crippen molar-refractivity contribution < 1.29 is 0 Å². The molecule has 2 heterocycles. The van der Waals surface area contributed by atoms with Crippen LogP contribution in [0.3, 0.4) is 0 Å². The number of aromatic nitrogens is 1. The lowest BCUT2D eigenvalue weighted by Gasteiger charge is -2.26. The van der Waals surface area contributed by atoms with E-state index in [9.17, 15) is 0 Å². The van der Waals surface area contributed by atoms with Crippen LogP contribution in [-0.2, 0) is 6.42 Å². The topological polar surface area (TPSA) is 19.0 Å². The Labute approximate surface area is 160 Å². The van der Waals surface area contributed by atoms with Crippen LogP contribution >= 0.6 is 11.6 Å². The summed E-state index contributed by atoms with van der Waals surface area (Å²) in [5.41, 5.74) is 5.35. The third kappa shape index (κ3) is 3.87. The maximum atomic E-state index is 6.25. The molecule has 0 unspecified atom stereocenters. The molecule has 0 saturated heterocycles. The lowest BCUT2D eigenvalue weighted by Crippen LogP contribution is -2.29. The Morgan fingerprint density at radius 1 is 1.00 bits per heavy atom. The van der Waals surface area contributed by atoms with Crippen molar-refractivity contribution in [1.82, 2.24) is 9.88 Å². The molecule has 0 fully saturated rings. The van der Waals surface area contributed by atoms with E-state index in [0.717, 1.165) is 29.9 Å². The number of aromatic amines is 1. The molecule has 0 amide bonds. The van der Waals surface area contributed by atoms with Gasteiger partial charge in [0.15, 0.2) is 0 Å². The van der Waals surface area contributed by atoms with Gasteiger partial charge in [0.25, 0.3) is 0 Å². The highest BCUT2D eigenvalue weighted by Crippen LogP contribution is 2.26. The SMILES string of the molecule is Clc1ccc(CCCCN2CC=C(c3ccccc3)CC2)c2cc[nH]c12. The van der Waals surface area contributed by atoms with E-state index in [1.807, 2.05) is 12.3 Å². The molecule has 0 atom stereocenters. The minimum absolute atomic E-state index is 0.808. The van der Waals surface area contributed by atoms with Crippen LogP contribution in [0.15, 0.2) is 60.8 Å². The first-order valence-corrected chi connectivity index (χ1v) is 9.90. The van der Waals surface area contributed by atoms with E-state index in [0.29, 0.717) is 0 Å². The van der Waals surface area contributed by atoms with Gasteiger partial charge in [0.2, 0.25) is 0 Å². The van der Waals surface area contributed by atoms with Crippen molar-refractivity contribution in [3.8, 4) is 0 Å². The molecule has 3 heteroatoms. The molecule has 0 saturated carbocycles. The Bertz CT molecular complexity index is 895. The predicted molar refractivity (Wildman–Crippen MR) is 112 cm³/mol. The second-order valence-corrected chi connectivity index (χ2v) is 7.48. The number of rotatable bonds is 6. The fraction of sp³-hybridized carbons (Fsp3) is 0.304. The van der Waals surface area contributed by atoms with Gasteiger partial charge in [-0.05, 0) is 61.1 Å². The minimum Gasteiger partial charge on any atom is -0.360 e. The van der Waals surface area contributed by atoms with Gasteiger partial charge in [0.05, 0.1) is 10.5 Å². The Balaban J connectivity index is 1.26. The van der Waals surface area contributed by atoms with E-state index in [1.165, 1.54) is 48.0 Å². The third-order valence-electron chi connectivity index (χ3n) is 5.37. The Kier molecular flexibility index (Phi) is 5.42. The van der Waals surface area contributed by atoms with E-state index < -0.39 is 0 Å². The summed E-state index contributed by atoms with van der Waals surface area (Å²) in [7, 11) is 0. The lowest BCUT2D eigenvalue weighted by atomic mass is 9.99. The maximum Gasteiger partial charge on any atom is 0.0647 e. The summed E-state index contributed by atoms with van der Waals surface area (Å²) in [5, 5.41) is 2.08. The number of aryl methyl sites for hydroxylation is 1. The molecule has 134 valence electrons. The number of H-pyrrole nitrogens is 1. The van der Waals surface area contributed by atoms with Crippen LogP contribution in [0.2, 0.25) is 5.02 Å². The zero-order valence-electron chi connectivity index (χ0n) is 15.0. The molecule has 1 aromatic heterocycles. The molecule has 0 bridgehead atoms. The smallest absolute Gasteiger partial charge is 0.0647 e. The average molecular weight is 365 g/mol. The molecule has 3 aromatic rings. The van der Waals surface area contributed by atoms with E-state index in [2.05, 4.69) is 58.4 Å². The predicted octanol–water partition coefficient (Wildman–Crippen LogP) is 5.93. The molecule has 0 aliphatic carbocycles. The number of nitrogens with one attached hydrogen (secondary N) is 1. The summed E-state index contributed by atoms with van der Waals surface area (Å²) in [6, 6.07) is 17.1. The van der Waals surface area contributed by atoms with Crippen molar-refractivity contribution in [1.29, 1.82) is 0 Å². The molecule has 1 aliphatic rings. The molecule has 4 rings (SSSR count). The van der Waals surface area contributed by atoms with Crippen molar-refractivity contribution in [2.45, 2.75) is 25.7 Å². The number of halogens is 1. The normalized spacial score (nSPS) is 15.3. The van der Waals surface area contributed by atoms with Crippen molar-refractivity contribution in [3.05, 3.63) is 77.0 Å². The van der Waals surface area contributed by atoms with Crippen LogP contribution in [0.25, 0.3) is 16.5 Å². The molecule has 0 radical (unpaired) electrons. The molecule has 1 aliphatic heterocycles. The van der Waals surface area contributed by atoms with Gasteiger partial charge in [-0.25, -0.2) is 0 Å². The summed E-state index contributed by atoms with van der Waals surface area (Å²) in [5.74, 6) is 0. The first kappa shape index (κ1) is 17.4. The fourth-order valence-corrected chi connectivity index (χ4v) is 4.10. The lowest BCUT2D eigenvalue weighted by molar-refractivity contribution is 0.295. The number of hydrogen-bond acceptors (Lipinski definition) is 1. The number of nitrogens with zero attached hydrogens (tertiary/aromatic N) is 1. The van der Waals surface area contributed by atoms with Gasteiger partial charge in [0.1, 0.15) is 0 Å². The van der Waals surface area contributed by atoms with Crippen LogP contribution in [-0.4, -0.2) is 29.5 Å². The van der Waals surface area contributed by atoms with E-state index in [1.54, 1.807) is 0 Å². The summed E-state index contributed by atoms with van der Waals surface area (Å²) < 4.78 is 0. The molecular formula is C23H25ClN2. The monoisotopic (exact) mass is 364 g/mol. The third-order valence-corrected chi connectivity index (χ3v) is 5.69. The zero-order valence-corrected chi connectivity index (χ0v) is 15.8. The number of hydrogen-bond donors (Lipinski definition) is 1. The largest absolute Gasteiger partial charge is 0.360 e. The summed E-state index contributed by atoms with van der Waals surface area (Å²) in [6.07, 6.45) is 9.11. The highest BCUT2D eigenvalue weighted by atomic mass is 35.5. The van der Waals surface area contributed by atoms with Gasteiger partial charge in [-0.2, -0.15) is 0 Å². The summed E-state index contributed by atoms with van der Waals surface area (Å²) in [4.78, 5) is 5.81. The standard InChI is InChI=1S/C23H25ClN2/c24-22-10-9-20(21-11-14-25-23(21)22)8-4-5-15-26-16-12-19(13-17-26)18-6-2-1-3-7-18/h1-3,6-7,9-12,14,25H,4-5,8,13,15-17H2. The molecular weight excluding hydrogens is 340 g/mol. The molecule has 2 aromatic carbocycles. The van der Waals surface area contributed by atoms with Crippen LogP contribution in [0, 0.1) is 0 Å². The quantitative estimate of drug-likeness (QED) is 0.537. The fourth-order valence-electron chi connectivity index (χ4n) is 3.88. The first-order chi connectivity index (χ1) is 12.8. The minimum atomic E-state index is 0.808. The van der Waals surface area contributed by atoms with Crippen molar-refractivity contribution in [3.63, 3.8) is 0 Å². The Morgan fingerprint density at radius 3 is 2.69 bits per heavy atom. The number of unbranched alkanes of at least 4 members (excludes halogenated alkanes) is 1. The highest BCUT2D eigenvalue weighted by Gasteiger charge is 2.12. The molecule has 0 spiro atoms. The van der Waals surface area contributed by atoms with Crippen LogP contribution < -0.4 is 0 Å². The van der Waals surface area contributed by atoms with Gasteiger partial charge >= 0.3 is 0 Å². The molecule has 1 N–H and O–H groups in total. The van der Waals surface area contributed by atoms with Gasteiger partial charge in [-0.15, -0.1) is 0 Å². The summed E-state index contributed by atoms with van der Waals surface area (Å²) >= 11 is 6.25. The van der Waals surface area contributed by atoms with Crippen molar-refractivity contribution in [2.75, 3.05) is 19.6 Å². The van der Waals surface area contributed by atoms with Gasteiger partial charge < -0.3 is 4.98 Å². The van der Waals surface area contributed by atoms with Gasteiger partial charge in [-0.3, -0.25) is 4.90 Å². The van der Waals surface area contributed by atoms with E-state index in [4.69, 9.17) is 11.6 Å². The van der Waals surface area contributed by atoms with Crippen LogP contribution in [0.4, 0.5) is 0 Å². The second-order valence-electron chi connectivity index (χ2n) is 7.08. The average Bonchev–Trinajstić information content (AvgIpc) is 3.19.